The Kier molecular flexibility index (Phi) is 3.99. The van der Waals surface area contributed by atoms with Crippen LogP contribution in [0.2, 0.25) is 0 Å². The van der Waals surface area contributed by atoms with E-state index in [1.54, 1.807) is 27.8 Å². The molecular formula is C18H19FN4O2. The van der Waals surface area contributed by atoms with E-state index in [-0.39, 0.29) is 23.7 Å². The largest absolute Gasteiger partial charge is 0.348 e. The van der Waals surface area contributed by atoms with Gasteiger partial charge in [-0.3, -0.25) is 14.3 Å². The molecule has 2 aliphatic rings. The van der Waals surface area contributed by atoms with Crippen LogP contribution in [0.5, 0.6) is 0 Å². The van der Waals surface area contributed by atoms with Crippen LogP contribution in [-0.4, -0.2) is 39.1 Å². The molecule has 2 heterocycles. The molecule has 0 atom stereocenters. The fourth-order valence-corrected chi connectivity index (χ4v) is 2.99. The molecule has 1 aliphatic carbocycles. The summed E-state index contributed by atoms with van der Waals surface area (Å²) in [6, 6.07) is 7.96. The number of carbonyl (C=O) groups excluding carboxylic acids is 2. The van der Waals surface area contributed by atoms with Gasteiger partial charge in [0.25, 0.3) is 11.8 Å². The van der Waals surface area contributed by atoms with Gasteiger partial charge in [-0.1, -0.05) is 12.1 Å². The number of rotatable bonds is 4. The maximum atomic E-state index is 13.0. The van der Waals surface area contributed by atoms with Crippen LogP contribution in [-0.2, 0) is 13.1 Å². The summed E-state index contributed by atoms with van der Waals surface area (Å²) < 4.78 is 14.7. The van der Waals surface area contributed by atoms with Crippen molar-refractivity contribution < 1.29 is 14.0 Å². The Bertz CT molecular complexity index is 811. The number of hydrogen-bond donors (Lipinski definition) is 1. The maximum Gasteiger partial charge on any atom is 0.272 e. The Morgan fingerprint density at radius 1 is 1.24 bits per heavy atom. The minimum Gasteiger partial charge on any atom is -0.348 e. The van der Waals surface area contributed by atoms with Crippen LogP contribution < -0.4 is 5.32 Å². The molecule has 1 aliphatic heterocycles. The van der Waals surface area contributed by atoms with Crippen molar-refractivity contribution in [3.8, 4) is 0 Å². The number of fused-ring (bicyclic) bond motifs is 1. The first-order valence-electron chi connectivity index (χ1n) is 8.52. The van der Waals surface area contributed by atoms with Gasteiger partial charge >= 0.3 is 0 Å². The van der Waals surface area contributed by atoms with Crippen molar-refractivity contribution >= 4 is 11.8 Å². The number of halogens is 1. The lowest BCUT2D eigenvalue weighted by Crippen LogP contribution is -2.30. The highest BCUT2D eigenvalue weighted by atomic mass is 19.1. The highest BCUT2D eigenvalue weighted by Crippen LogP contribution is 2.20. The van der Waals surface area contributed by atoms with Crippen LogP contribution in [0.3, 0.4) is 0 Å². The zero-order chi connectivity index (χ0) is 17.4. The standard InChI is InChI=1S/C18H19FN4O2/c19-13-4-2-12(3-5-13)11-22-8-1-9-23-16(18(22)25)10-15(21-23)17(24)20-14-6-7-14/h2-5,10,14H,1,6-9,11H2,(H,20,24). The minimum absolute atomic E-state index is 0.153. The SMILES string of the molecule is O=C(NC1CC1)c1cc2n(n1)CCCN(Cc1ccc(F)cc1)C2=O. The molecular weight excluding hydrogens is 323 g/mol. The van der Waals surface area contributed by atoms with Crippen molar-refractivity contribution in [3.63, 3.8) is 0 Å². The highest BCUT2D eigenvalue weighted by Gasteiger charge is 2.29. The van der Waals surface area contributed by atoms with Gasteiger partial charge in [-0.25, -0.2) is 4.39 Å². The zero-order valence-corrected chi connectivity index (χ0v) is 13.7. The first-order valence-corrected chi connectivity index (χ1v) is 8.52. The average molecular weight is 342 g/mol. The van der Waals surface area contributed by atoms with Crippen LogP contribution in [0.25, 0.3) is 0 Å². The van der Waals surface area contributed by atoms with Crippen LogP contribution in [0, 0.1) is 5.82 Å². The normalized spacial score (nSPS) is 17.2. The quantitative estimate of drug-likeness (QED) is 0.924. The number of benzene rings is 1. The summed E-state index contributed by atoms with van der Waals surface area (Å²) in [7, 11) is 0. The van der Waals surface area contributed by atoms with Gasteiger partial charge in [0.05, 0.1) is 0 Å². The topological polar surface area (TPSA) is 67.2 Å². The fraction of sp³-hybridized carbons (Fsp3) is 0.389. The molecule has 0 spiro atoms. The molecule has 4 rings (SSSR count). The number of aryl methyl sites for hydroxylation is 1. The molecule has 1 fully saturated rings. The molecule has 2 amide bonds. The first-order chi connectivity index (χ1) is 12.1. The lowest BCUT2D eigenvalue weighted by molar-refractivity contribution is 0.0745. The summed E-state index contributed by atoms with van der Waals surface area (Å²) in [5.41, 5.74) is 1.59. The van der Waals surface area contributed by atoms with E-state index in [1.807, 2.05) is 0 Å². The van der Waals surface area contributed by atoms with E-state index in [0.717, 1.165) is 24.8 Å². The maximum absolute atomic E-state index is 13.0. The summed E-state index contributed by atoms with van der Waals surface area (Å²) in [6.07, 6.45) is 2.76. The summed E-state index contributed by atoms with van der Waals surface area (Å²) in [6.45, 7) is 1.61. The van der Waals surface area contributed by atoms with Gasteiger partial charge in [0.1, 0.15) is 11.5 Å². The molecule has 7 heteroatoms. The molecule has 0 saturated heterocycles. The van der Waals surface area contributed by atoms with Crippen molar-refractivity contribution in [3.05, 3.63) is 53.1 Å². The molecule has 1 aromatic heterocycles. The Hall–Kier alpha value is -2.70. The zero-order valence-electron chi connectivity index (χ0n) is 13.7. The van der Waals surface area contributed by atoms with Gasteiger partial charge < -0.3 is 10.2 Å². The minimum atomic E-state index is -0.296. The van der Waals surface area contributed by atoms with Crippen molar-refractivity contribution in [2.24, 2.45) is 0 Å². The Morgan fingerprint density at radius 3 is 2.72 bits per heavy atom. The molecule has 1 saturated carbocycles. The molecule has 0 bridgehead atoms. The molecule has 25 heavy (non-hydrogen) atoms. The molecule has 6 nitrogen and oxygen atoms in total. The number of nitrogens with zero attached hydrogens (tertiary/aromatic N) is 3. The van der Waals surface area contributed by atoms with Gasteiger partial charge in [-0.15, -0.1) is 0 Å². The highest BCUT2D eigenvalue weighted by molar-refractivity contribution is 5.98. The summed E-state index contributed by atoms with van der Waals surface area (Å²) in [5.74, 6) is -0.670. The van der Waals surface area contributed by atoms with Gasteiger partial charge in [-0.05, 0) is 37.0 Å². The smallest absolute Gasteiger partial charge is 0.272 e. The van der Waals surface area contributed by atoms with Gasteiger partial charge in [0.2, 0.25) is 0 Å². The molecule has 1 N–H and O–H groups in total. The number of aromatic nitrogens is 2. The second kappa shape index (κ2) is 6.31. The van der Waals surface area contributed by atoms with Crippen LogP contribution in [0.15, 0.2) is 30.3 Å². The summed E-state index contributed by atoms with van der Waals surface area (Å²) in [4.78, 5) is 26.7. The summed E-state index contributed by atoms with van der Waals surface area (Å²) in [5, 5.41) is 7.19. The Balaban J connectivity index is 1.53. The van der Waals surface area contributed by atoms with Crippen molar-refractivity contribution in [1.82, 2.24) is 20.0 Å². The number of amides is 2. The molecule has 0 radical (unpaired) electrons. The van der Waals surface area contributed by atoms with Gasteiger partial charge in [-0.2, -0.15) is 5.10 Å². The predicted molar refractivity (Wildman–Crippen MR) is 88.5 cm³/mol. The number of hydrogen-bond acceptors (Lipinski definition) is 3. The monoisotopic (exact) mass is 342 g/mol. The van der Waals surface area contributed by atoms with Gasteiger partial charge in [0.15, 0.2) is 5.69 Å². The van der Waals surface area contributed by atoms with E-state index in [4.69, 9.17) is 0 Å². The van der Waals surface area contributed by atoms with Crippen LogP contribution in [0.1, 0.15) is 45.8 Å². The fourth-order valence-electron chi connectivity index (χ4n) is 2.99. The molecule has 130 valence electrons. The van der Waals surface area contributed by atoms with Crippen molar-refractivity contribution in [2.75, 3.05) is 6.54 Å². The Morgan fingerprint density at radius 2 is 2.00 bits per heavy atom. The molecule has 0 unspecified atom stereocenters. The third-order valence-corrected chi connectivity index (χ3v) is 4.52. The lowest BCUT2D eigenvalue weighted by Gasteiger charge is -2.20. The number of nitrogens with one attached hydrogen (secondary N) is 1. The first kappa shape index (κ1) is 15.8. The van der Waals surface area contributed by atoms with E-state index in [2.05, 4.69) is 10.4 Å². The number of carbonyl (C=O) groups is 2. The van der Waals surface area contributed by atoms with E-state index in [9.17, 15) is 14.0 Å². The van der Waals surface area contributed by atoms with E-state index >= 15 is 0 Å². The van der Waals surface area contributed by atoms with Crippen molar-refractivity contribution in [1.29, 1.82) is 0 Å². The predicted octanol–water partition coefficient (Wildman–Crippen LogP) is 1.96. The second-order valence-electron chi connectivity index (χ2n) is 6.59. The lowest BCUT2D eigenvalue weighted by atomic mass is 10.2. The van der Waals surface area contributed by atoms with Crippen LogP contribution in [0.4, 0.5) is 4.39 Å². The third kappa shape index (κ3) is 3.40. The third-order valence-electron chi connectivity index (χ3n) is 4.52. The molecule has 2 aromatic rings. The average Bonchev–Trinajstić information content (AvgIpc) is 3.33. The second-order valence-corrected chi connectivity index (χ2v) is 6.59. The molecule has 1 aromatic carbocycles. The Labute approximate surface area is 144 Å². The van der Waals surface area contributed by atoms with Crippen molar-refractivity contribution in [2.45, 2.75) is 38.4 Å². The van der Waals surface area contributed by atoms with Gasteiger partial charge in [0, 0.05) is 31.7 Å². The van der Waals surface area contributed by atoms with E-state index in [1.165, 1.54) is 12.1 Å². The van der Waals surface area contributed by atoms with E-state index in [0.29, 0.717) is 31.0 Å². The summed E-state index contributed by atoms with van der Waals surface area (Å²) >= 11 is 0. The van der Waals surface area contributed by atoms with Crippen LogP contribution >= 0.6 is 0 Å². The van der Waals surface area contributed by atoms with E-state index < -0.39 is 0 Å².